The fourth-order valence-electron chi connectivity index (χ4n) is 3.13. The normalized spacial score (nSPS) is 17.2. The Morgan fingerprint density at radius 1 is 1.29 bits per heavy atom. The molecule has 0 saturated carbocycles. The van der Waals surface area contributed by atoms with Crippen LogP contribution in [0.4, 0.5) is 0 Å². The van der Waals surface area contributed by atoms with Gasteiger partial charge in [-0.2, -0.15) is 5.10 Å². The summed E-state index contributed by atoms with van der Waals surface area (Å²) in [6.07, 6.45) is 3.08. The molecule has 24 heavy (non-hydrogen) atoms. The molecule has 0 unspecified atom stereocenters. The van der Waals surface area contributed by atoms with Crippen molar-refractivity contribution in [2.24, 2.45) is 0 Å². The zero-order chi connectivity index (χ0) is 17.1. The number of aryl methyl sites for hydroxylation is 2. The summed E-state index contributed by atoms with van der Waals surface area (Å²) >= 11 is 0. The van der Waals surface area contributed by atoms with Crippen LogP contribution in [0.3, 0.4) is 0 Å². The van der Waals surface area contributed by atoms with E-state index in [1.165, 1.54) is 0 Å². The molecule has 0 radical (unpaired) electrons. The van der Waals surface area contributed by atoms with Gasteiger partial charge in [0.05, 0.1) is 18.2 Å². The van der Waals surface area contributed by atoms with Crippen molar-refractivity contribution in [3.05, 3.63) is 41.6 Å². The van der Waals surface area contributed by atoms with Crippen LogP contribution in [-0.4, -0.2) is 69.4 Å². The molecular weight excluding hydrogens is 308 g/mol. The number of nitrogens with zero attached hydrogens (tertiary/aromatic N) is 4. The van der Waals surface area contributed by atoms with Crippen LogP contribution in [0.15, 0.2) is 28.9 Å². The number of carbonyl (C=O) groups is 1. The third kappa shape index (κ3) is 3.85. The minimum absolute atomic E-state index is 0.0288. The van der Waals surface area contributed by atoms with Gasteiger partial charge in [-0.05, 0) is 26.0 Å². The minimum atomic E-state index is -0.467. The van der Waals surface area contributed by atoms with Crippen molar-refractivity contribution in [3.63, 3.8) is 0 Å². The van der Waals surface area contributed by atoms with Crippen molar-refractivity contribution in [2.45, 2.75) is 26.5 Å². The number of hydrogen-bond donors (Lipinski definition) is 1. The smallest absolute Gasteiger partial charge is 0.257 e. The van der Waals surface area contributed by atoms with Gasteiger partial charge in [0.1, 0.15) is 11.5 Å². The maximum Gasteiger partial charge on any atom is 0.257 e. The van der Waals surface area contributed by atoms with E-state index in [0.29, 0.717) is 37.5 Å². The molecule has 1 fully saturated rings. The van der Waals surface area contributed by atoms with Gasteiger partial charge in [-0.3, -0.25) is 14.4 Å². The second-order valence-corrected chi connectivity index (χ2v) is 6.30. The summed E-state index contributed by atoms with van der Waals surface area (Å²) in [7, 11) is 0. The summed E-state index contributed by atoms with van der Waals surface area (Å²) in [4.78, 5) is 16.6. The first-order valence-corrected chi connectivity index (χ1v) is 8.27. The zero-order valence-electron chi connectivity index (χ0n) is 14.2. The maximum atomic E-state index is 12.6. The van der Waals surface area contributed by atoms with Gasteiger partial charge < -0.3 is 14.4 Å². The topological polar surface area (TPSA) is 74.7 Å². The highest BCUT2D eigenvalue weighted by Crippen LogP contribution is 2.17. The quantitative estimate of drug-likeness (QED) is 0.881. The number of carbonyl (C=O) groups excluding carboxylic acids is 1. The number of furan rings is 1. The molecule has 130 valence electrons. The van der Waals surface area contributed by atoms with E-state index in [0.717, 1.165) is 18.8 Å². The van der Waals surface area contributed by atoms with Crippen LogP contribution in [0.5, 0.6) is 0 Å². The molecule has 1 N–H and O–H groups in total. The van der Waals surface area contributed by atoms with Gasteiger partial charge >= 0.3 is 0 Å². The van der Waals surface area contributed by atoms with Crippen LogP contribution in [-0.2, 0) is 6.54 Å². The van der Waals surface area contributed by atoms with Crippen LogP contribution >= 0.6 is 0 Å². The Kier molecular flexibility index (Phi) is 5.01. The van der Waals surface area contributed by atoms with Crippen molar-refractivity contribution in [1.29, 1.82) is 0 Å². The fourth-order valence-corrected chi connectivity index (χ4v) is 3.13. The van der Waals surface area contributed by atoms with Crippen LogP contribution in [0.25, 0.3) is 0 Å². The molecule has 1 aliphatic heterocycles. The van der Waals surface area contributed by atoms with E-state index in [1.807, 2.05) is 31.0 Å². The fraction of sp³-hybridized carbons (Fsp3) is 0.529. The van der Waals surface area contributed by atoms with Crippen molar-refractivity contribution in [3.8, 4) is 0 Å². The van der Waals surface area contributed by atoms with Crippen molar-refractivity contribution < 1.29 is 14.3 Å². The number of amides is 1. The van der Waals surface area contributed by atoms with Crippen molar-refractivity contribution in [2.75, 3.05) is 32.7 Å². The standard InChI is InChI=1S/C17H24N4O3/c1-13-10-16(14(2)24-13)17(23)20-8-6-19(7-9-20)11-15(22)12-21-5-3-4-18-21/h3-5,10,15,22H,6-9,11-12H2,1-2H3/t15-/m1/s1. The summed E-state index contributed by atoms with van der Waals surface area (Å²) in [6.45, 7) is 7.60. The van der Waals surface area contributed by atoms with Crippen molar-refractivity contribution in [1.82, 2.24) is 19.6 Å². The van der Waals surface area contributed by atoms with E-state index in [9.17, 15) is 9.90 Å². The SMILES string of the molecule is Cc1cc(C(=O)N2CCN(C[C@@H](O)Cn3cccn3)CC2)c(C)o1. The van der Waals surface area contributed by atoms with E-state index in [1.54, 1.807) is 16.9 Å². The summed E-state index contributed by atoms with van der Waals surface area (Å²) in [5.41, 5.74) is 0.652. The Morgan fingerprint density at radius 3 is 2.62 bits per heavy atom. The third-order valence-electron chi connectivity index (χ3n) is 4.36. The molecule has 3 rings (SSSR count). The Balaban J connectivity index is 1.48. The zero-order valence-corrected chi connectivity index (χ0v) is 14.2. The van der Waals surface area contributed by atoms with Gasteiger partial charge in [-0.1, -0.05) is 0 Å². The van der Waals surface area contributed by atoms with Crippen LogP contribution < -0.4 is 0 Å². The number of aliphatic hydroxyl groups excluding tert-OH is 1. The molecular formula is C17H24N4O3. The first-order valence-electron chi connectivity index (χ1n) is 8.27. The predicted octanol–water partition coefficient (Wildman–Crippen LogP) is 0.912. The first-order chi connectivity index (χ1) is 11.5. The third-order valence-corrected chi connectivity index (χ3v) is 4.36. The average Bonchev–Trinajstić information content (AvgIpc) is 3.16. The number of aromatic nitrogens is 2. The van der Waals surface area contributed by atoms with E-state index in [4.69, 9.17) is 4.42 Å². The van der Waals surface area contributed by atoms with Gasteiger partial charge in [0.15, 0.2) is 0 Å². The van der Waals surface area contributed by atoms with Gasteiger partial charge in [0, 0.05) is 45.1 Å². The highest BCUT2D eigenvalue weighted by atomic mass is 16.3. The summed E-state index contributed by atoms with van der Waals surface area (Å²) in [5, 5.41) is 14.3. The first kappa shape index (κ1) is 16.7. The summed E-state index contributed by atoms with van der Waals surface area (Å²) < 4.78 is 7.18. The lowest BCUT2D eigenvalue weighted by molar-refractivity contribution is 0.0490. The van der Waals surface area contributed by atoms with E-state index in [-0.39, 0.29) is 5.91 Å². The highest BCUT2D eigenvalue weighted by Gasteiger charge is 2.25. The maximum absolute atomic E-state index is 12.6. The Morgan fingerprint density at radius 2 is 2.04 bits per heavy atom. The second kappa shape index (κ2) is 7.19. The summed E-state index contributed by atoms with van der Waals surface area (Å²) in [5.74, 6) is 1.46. The molecule has 2 aromatic rings. The Hall–Kier alpha value is -2.12. The predicted molar refractivity (Wildman–Crippen MR) is 88.8 cm³/mol. The minimum Gasteiger partial charge on any atom is -0.466 e. The molecule has 0 bridgehead atoms. The molecule has 2 aromatic heterocycles. The van der Waals surface area contributed by atoms with E-state index < -0.39 is 6.10 Å². The molecule has 1 aliphatic rings. The molecule has 1 saturated heterocycles. The Labute approximate surface area is 141 Å². The Bertz CT molecular complexity index is 672. The van der Waals surface area contributed by atoms with Gasteiger partial charge in [-0.25, -0.2) is 0 Å². The molecule has 0 spiro atoms. The van der Waals surface area contributed by atoms with Gasteiger partial charge in [-0.15, -0.1) is 0 Å². The van der Waals surface area contributed by atoms with Crippen LogP contribution in [0.1, 0.15) is 21.9 Å². The van der Waals surface area contributed by atoms with Gasteiger partial charge in [0.2, 0.25) is 0 Å². The van der Waals surface area contributed by atoms with E-state index >= 15 is 0 Å². The largest absolute Gasteiger partial charge is 0.466 e. The molecule has 0 aromatic carbocycles. The highest BCUT2D eigenvalue weighted by molar-refractivity contribution is 5.95. The molecule has 7 nitrogen and oxygen atoms in total. The number of aliphatic hydroxyl groups is 1. The second-order valence-electron chi connectivity index (χ2n) is 6.30. The molecule has 0 aliphatic carbocycles. The van der Waals surface area contributed by atoms with Gasteiger partial charge in [0.25, 0.3) is 5.91 Å². The molecule has 3 heterocycles. The average molecular weight is 332 g/mol. The summed E-state index contributed by atoms with van der Waals surface area (Å²) in [6, 6.07) is 3.65. The number of rotatable bonds is 5. The number of hydrogen-bond acceptors (Lipinski definition) is 5. The van der Waals surface area contributed by atoms with Crippen LogP contribution in [0, 0.1) is 13.8 Å². The molecule has 1 amide bonds. The van der Waals surface area contributed by atoms with Crippen molar-refractivity contribution >= 4 is 5.91 Å². The number of β-amino-alcohol motifs (C(OH)–C–C–N with tert-alkyl or cyclic N) is 1. The van der Waals surface area contributed by atoms with Crippen LogP contribution in [0.2, 0.25) is 0 Å². The molecule has 7 heteroatoms. The number of piperazine rings is 1. The lowest BCUT2D eigenvalue weighted by Crippen LogP contribution is -2.50. The van der Waals surface area contributed by atoms with E-state index in [2.05, 4.69) is 10.00 Å². The lowest BCUT2D eigenvalue weighted by Gasteiger charge is -2.35. The lowest BCUT2D eigenvalue weighted by atomic mass is 10.2. The molecule has 1 atom stereocenters. The monoisotopic (exact) mass is 332 g/mol.